The van der Waals surface area contributed by atoms with Crippen molar-refractivity contribution >= 4 is 0 Å². The summed E-state index contributed by atoms with van der Waals surface area (Å²) in [6.07, 6.45) is 2.50. The first kappa shape index (κ1) is 127. The molecule has 0 bridgehead atoms. The molecule has 0 aliphatic carbocycles. The molecule has 0 spiro atoms. The lowest BCUT2D eigenvalue weighted by Gasteiger charge is -1.48. The van der Waals surface area contributed by atoms with Gasteiger partial charge in [0.1, 0.15) is 0 Å². The summed E-state index contributed by atoms with van der Waals surface area (Å²) in [6.45, 7) is 32.5. The summed E-state index contributed by atoms with van der Waals surface area (Å²) in [6, 6.07) is 0. The van der Waals surface area contributed by atoms with Gasteiger partial charge in [0.2, 0.25) is 0 Å². The maximum absolute atomic E-state index is 2.12. The van der Waals surface area contributed by atoms with Gasteiger partial charge in [-0.05, 0) is 0 Å². The van der Waals surface area contributed by atoms with E-state index in [9.17, 15) is 0 Å². The van der Waals surface area contributed by atoms with Crippen LogP contribution in [0.2, 0.25) is 0 Å². The first-order valence-corrected chi connectivity index (χ1v) is 8.83. The molecule has 0 aliphatic heterocycles. The van der Waals surface area contributed by atoms with Gasteiger partial charge in [-0.25, -0.2) is 0 Å². The molecule has 0 aromatic carbocycles. The molecule has 0 N–H and O–H groups in total. The van der Waals surface area contributed by atoms with Crippen molar-refractivity contribution in [2.45, 2.75) is 168 Å². The fourth-order valence-electron chi connectivity index (χ4n) is 0. The smallest absolute Gasteiger partial charge is 0.0590 e. The Hall–Kier alpha value is 0. The summed E-state index contributed by atoms with van der Waals surface area (Å²) in [5.74, 6) is 0. The van der Waals surface area contributed by atoms with Crippen LogP contribution in [0, 0.1) is 0 Å². The minimum Gasteiger partial charge on any atom is -0.0776 e. The molecule has 0 aromatic heterocycles. The van der Waals surface area contributed by atoms with Crippen molar-refractivity contribution in [1.82, 2.24) is 0 Å². The van der Waals surface area contributed by atoms with Crippen molar-refractivity contribution in [3.8, 4) is 0 Å². The van der Waals surface area contributed by atoms with Gasteiger partial charge in [-0.3, -0.25) is 0 Å². The molecular weight excluding hydrogens is 288 g/mol. The Balaban J connectivity index is -0.00000000386. The van der Waals surface area contributed by atoms with E-state index in [1.807, 2.05) is 83.1 Å². The lowest BCUT2D eigenvalue weighted by Crippen LogP contribution is -1.27. The molecule has 0 aliphatic rings. The van der Waals surface area contributed by atoms with Gasteiger partial charge in [0, 0.05) is 0 Å². The highest BCUT2D eigenvalue weighted by atomic mass is 13.4. The van der Waals surface area contributed by atoms with E-state index in [-0.39, 0.29) is 44.6 Å². The Morgan fingerprint density at radius 2 is 0.250 bits per heavy atom. The summed E-state index contributed by atoms with van der Waals surface area (Å²) >= 11 is 0. The summed E-state index contributed by atoms with van der Waals surface area (Å²) in [5.41, 5.74) is 0. The summed E-state index contributed by atoms with van der Waals surface area (Å²) in [4.78, 5) is 0. The molecule has 0 saturated carbocycles. The normalized spacial score (nSPS) is 3.00. The summed E-state index contributed by atoms with van der Waals surface area (Å²) in [7, 11) is 0. The van der Waals surface area contributed by atoms with Crippen LogP contribution in [0.1, 0.15) is 168 Å². The second kappa shape index (κ2) is 2780. The molecule has 0 radical (unpaired) electrons. The standard InChI is InChI=1S/2C3H8.6C2H6.6CH4/c2*1-3-2;6*1-2;;;;;;/h2*3H2,1-2H3;6*1-2H3;6*1H4. The van der Waals surface area contributed by atoms with Crippen molar-refractivity contribution in [2.24, 2.45) is 0 Å². The highest BCUT2D eigenvalue weighted by Crippen LogP contribution is 1.56. The topological polar surface area (TPSA) is 0 Å². The number of hydrogen-bond acceptors (Lipinski definition) is 0. The largest absolute Gasteiger partial charge is 0.0776 e. The maximum atomic E-state index is 2.12. The number of rotatable bonds is 0. The van der Waals surface area contributed by atoms with Gasteiger partial charge < -0.3 is 0 Å². The van der Waals surface area contributed by atoms with E-state index < -0.39 is 0 Å². The third-order valence-corrected chi connectivity index (χ3v) is 0. The molecule has 0 amide bonds. The zero-order valence-electron chi connectivity index (χ0n) is 17.4. The third kappa shape index (κ3) is 0. The molecule has 0 nitrogen and oxygen atoms in total. The van der Waals surface area contributed by atoms with Gasteiger partial charge >= 0.3 is 0 Å². The van der Waals surface area contributed by atoms with Crippen molar-refractivity contribution in [2.75, 3.05) is 0 Å². The van der Waals surface area contributed by atoms with Crippen LogP contribution in [0.5, 0.6) is 0 Å². The van der Waals surface area contributed by atoms with E-state index in [1.165, 1.54) is 12.8 Å². The predicted octanol–water partition coefficient (Wildman–Crippen LogP) is 12.8. The Morgan fingerprint density at radius 3 is 0.250 bits per heavy atom. The molecular formula is C24H76. The molecule has 172 valence electrons. The average molecular weight is 365 g/mol. The van der Waals surface area contributed by atoms with Crippen molar-refractivity contribution in [3.05, 3.63) is 0 Å². The molecule has 0 atom stereocenters. The van der Waals surface area contributed by atoms with Crippen LogP contribution in [0.4, 0.5) is 0 Å². The second-order valence-corrected chi connectivity index (χ2v) is 1.41. The molecule has 24 heavy (non-hydrogen) atoms. The van der Waals surface area contributed by atoms with E-state index in [1.54, 1.807) is 0 Å². The van der Waals surface area contributed by atoms with Crippen molar-refractivity contribution in [3.63, 3.8) is 0 Å². The molecule has 0 fully saturated rings. The quantitative estimate of drug-likeness (QED) is 0.400. The van der Waals surface area contributed by atoms with E-state index in [0.29, 0.717) is 0 Å². The zero-order valence-corrected chi connectivity index (χ0v) is 17.4. The van der Waals surface area contributed by atoms with Crippen LogP contribution >= 0.6 is 0 Å². The van der Waals surface area contributed by atoms with Crippen LogP contribution in [-0.2, 0) is 0 Å². The highest BCUT2D eigenvalue weighted by Gasteiger charge is 1.36. The van der Waals surface area contributed by atoms with E-state index in [4.69, 9.17) is 0 Å². The average Bonchev–Trinajstić information content (AvgIpc) is 2.52. The van der Waals surface area contributed by atoms with Crippen LogP contribution in [0.15, 0.2) is 0 Å². The highest BCUT2D eigenvalue weighted by molar-refractivity contribution is 3.92. The minimum absolute atomic E-state index is 0. The Labute approximate surface area is 168 Å². The Kier molecular flexibility index (Phi) is 14700. The second-order valence-electron chi connectivity index (χ2n) is 1.41. The molecule has 0 unspecified atom stereocenters. The fraction of sp³-hybridized carbons (Fsp3) is 1.00. The van der Waals surface area contributed by atoms with E-state index in [2.05, 4.69) is 27.7 Å². The van der Waals surface area contributed by atoms with Crippen LogP contribution < -0.4 is 0 Å². The van der Waals surface area contributed by atoms with Gasteiger partial charge in [0.25, 0.3) is 0 Å². The van der Waals surface area contributed by atoms with Gasteiger partial charge in [-0.1, -0.05) is 168 Å². The molecule has 0 heterocycles. The van der Waals surface area contributed by atoms with Gasteiger partial charge in [0.15, 0.2) is 0 Å². The Morgan fingerprint density at radius 1 is 0.250 bits per heavy atom. The molecule has 0 saturated heterocycles. The van der Waals surface area contributed by atoms with Crippen LogP contribution in [0.3, 0.4) is 0 Å². The van der Waals surface area contributed by atoms with Crippen LogP contribution in [-0.4, -0.2) is 0 Å². The van der Waals surface area contributed by atoms with E-state index in [0.717, 1.165) is 0 Å². The third-order valence-electron chi connectivity index (χ3n) is 0. The van der Waals surface area contributed by atoms with Gasteiger partial charge in [-0.2, -0.15) is 0 Å². The van der Waals surface area contributed by atoms with Gasteiger partial charge in [0.05, 0.1) is 0 Å². The van der Waals surface area contributed by atoms with Crippen LogP contribution in [0.25, 0.3) is 0 Å². The van der Waals surface area contributed by atoms with Crippen molar-refractivity contribution < 1.29 is 0 Å². The lowest BCUT2D eigenvalue weighted by molar-refractivity contribution is 1.09. The molecule has 0 rings (SSSR count). The van der Waals surface area contributed by atoms with E-state index >= 15 is 0 Å². The predicted molar refractivity (Wildman–Crippen MR) is 140 cm³/mol. The van der Waals surface area contributed by atoms with Gasteiger partial charge in [-0.15, -0.1) is 0 Å². The minimum atomic E-state index is 0. The summed E-state index contributed by atoms with van der Waals surface area (Å²) < 4.78 is 0. The molecule has 0 aromatic rings. The number of hydrogen-bond donors (Lipinski definition) is 0. The Bertz CT molecular complexity index is 2.00. The summed E-state index contributed by atoms with van der Waals surface area (Å²) in [5, 5.41) is 0. The molecule has 0 heteroatoms. The first-order valence-electron chi connectivity index (χ1n) is 8.83. The lowest BCUT2D eigenvalue weighted by atomic mass is 10.6. The maximum Gasteiger partial charge on any atom is -0.0590 e. The fourth-order valence-corrected chi connectivity index (χ4v) is 0. The SMILES string of the molecule is C.C.C.C.C.C.CC.CC.CC.CC.CC.CC.CCC.CCC. The monoisotopic (exact) mass is 365 g/mol. The van der Waals surface area contributed by atoms with Crippen molar-refractivity contribution in [1.29, 1.82) is 0 Å². The first-order chi connectivity index (χ1) is 8.83. The zero-order chi connectivity index (χ0) is 17.4.